The van der Waals surface area contributed by atoms with Gasteiger partial charge >= 0.3 is 0 Å². The van der Waals surface area contributed by atoms with Gasteiger partial charge in [-0.3, -0.25) is 0 Å². The van der Waals surface area contributed by atoms with Crippen LogP contribution >= 0.6 is 15.9 Å². The Kier molecular flexibility index (Phi) is 5.27. The first-order valence-electron chi connectivity index (χ1n) is 5.17. The normalized spacial score (nSPS) is 11.2. The van der Waals surface area contributed by atoms with E-state index in [1.165, 1.54) is 6.26 Å². The van der Waals surface area contributed by atoms with E-state index in [1.54, 1.807) is 7.11 Å². The molecule has 0 aromatic heterocycles. The lowest BCUT2D eigenvalue weighted by Gasteiger charge is -2.08. The molecule has 0 aliphatic heterocycles. The number of hydrogen-bond donors (Lipinski definition) is 1. The van der Waals surface area contributed by atoms with Gasteiger partial charge in [-0.05, 0) is 40.5 Å². The number of rotatable bonds is 6. The Bertz CT molecular complexity index is 474. The summed E-state index contributed by atoms with van der Waals surface area (Å²) in [4.78, 5) is 0. The van der Waals surface area contributed by atoms with Crippen molar-refractivity contribution in [2.24, 2.45) is 0 Å². The van der Waals surface area contributed by atoms with Crippen molar-refractivity contribution in [2.75, 3.05) is 31.0 Å². The molecule has 0 saturated carbocycles. The van der Waals surface area contributed by atoms with E-state index in [2.05, 4.69) is 21.2 Å². The predicted octanol–water partition coefficient (Wildman–Crippen LogP) is 2.30. The highest BCUT2D eigenvalue weighted by Gasteiger charge is 2.03. The van der Waals surface area contributed by atoms with Gasteiger partial charge in [0.2, 0.25) is 0 Å². The minimum atomic E-state index is -2.87. The molecule has 17 heavy (non-hydrogen) atoms. The van der Waals surface area contributed by atoms with Gasteiger partial charge in [0, 0.05) is 18.5 Å². The minimum absolute atomic E-state index is 0.206. The van der Waals surface area contributed by atoms with Crippen LogP contribution in [0.5, 0.6) is 5.75 Å². The maximum absolute atomic E-state index is 10.9. The summed E-state index contributed by atoms with van der Waals surface area (Å²) >= 11 is 3.39. The summed E-state index contributed by atoms with van der Waals surface area (Å²) in [6, 6.07) is 5.65. The first-order valence-corrected chi connectivity index (χ1v) is 8.03. The summed E-state index contributed by atoms with van der Waals surface area (Å²) in [7, 11) is -1.26. The topological polar surface area (TPSA) is 55.4 Å². The third kappa shape index (κ3) is 5.41. The summed E-state index contributed by atoms with van der Waals surface area (Å²) < 4.78 is 27.8. The van der Waals surface area contributed by atoms with Gasteiger partial charge in [-0.1, -0.05) is 0 Å². The van der Waals surface area contributed by atoms with Crippen LogP contribution in [-0.4, -0.2) is 34.1 Å². The van der Waals surface area contributed by atoms with Gasteiger partial charge in [-0.15, -0.1) is 0 Å². The van der Waals surface area contributed by atoms with Crippen molar-refractivity contribution in [3.05, 3.63) is 22.7 Å². The molecule has 0 aliphatic carbocycles. The van der Waals surface area contributed by atoms with E-state index in [1.807, 2.05) is 18.2 Å². The van der Waals surface area contributed by atoms with Crippen molar-refractivity contribution < 1.29 is 13.2 Å². The lowest BCUT2D eigenvalue weighted by Crippen LogP contribution is -2.09. The molecular formula is C11H16BrNO3S. The average Bonchev–Trinajstić information content (AvgIpc) is 2.23. The van der Waals surface area contributed by atoms with Gasteiger partial charge < -0.3 is 10.1 Å². The van der Waals surface area contributed by atoms with Gasteiger partial charge in [0.25, 0.3) is 0 Å². The molecule has 1 aromatic carbocycles. The fraction of sp³-hybridized carbons (Fsp3) is 0.455. The van der Waals surface area contributed by atoms with Crippen LogP contribution in [0.15, 0.2) is 22.7 Å². The molecule has 0 fully saturated rings. The Morgan fingerprint density at radius 2 is 2.12 bits per heavy atom. The number of ether oxygens (including phenoxy) is 1. The van der Waals surface area contributed by atoms with Crippen LogP contribution < -0.4 is 10.1 Å². The molecule has 4 nitrogen and oxygen atoms in total. The van der Waals surface area contributed by atoms with Crippen molar-refractivity contribution in [1.82, 2.24) is 0 Å². The van der Waals surface area contributed by atoms with Crippen LogP contribution in [0.25, 0.3) is 0 Å². The third-order valence-electron chi connectivity index (χ3n) is 2.17. The lowest BCUT2D eigenvalue weighted by molar-refractivity contribution is 0.412. The van der Waals surface area contributed by atoms with Gasteiger partial charge in [0.05, 0.1) is 17.3 Å². The SMILES string of the molecule is COc1ccc(NCCCS(C)(=O)=O)cc1Br. The predicted molar refractivity (Wildman–Crippen MR) is 73.5 cm³/mol. The summed E-state index contributed by atoms with van der Waals surface area (Å²) in [5.74, 6) is 0.976. The zero-order valence-electron chi connectivity index (χ0n) is 9.86. The zero-order chi connectivity index (χ0) is 12.9. The molecule has 0 radical (unpaired) electrons. The fourth-order valence-electron chi connectivity index (χ4n) is 1.34. The van der Waals surface area contributed by atoms with Gasteiger partial charge in [-0.2, -0.15) is 0 Å². The monoisotopic (exact) mass is 321 g/mol. The Labute approximate surface area is 110 Å². The maximum atomic E-state index is 10.9. The van der Waals surface area contributed by atoms with E-state index < -0.39 is 9.84 Å². The molecule has 0 unspecified atom stereocenters. The maximum Gasteiger partial charge on any atom is 0.147 e. The van der Waals surface area contributed by atoms with Crippen LogP contribution in [-0.2, 0) is 9.84 Å². The summed E-state index contributed by atoms with van der Waals surface area (Å²) in [6.07, 6.45) is 1.85. The lowest BCUT2D eigenvalue weighted by atomic mass is 10.3. The molecule has 0 atom stereocenters. The van der Waals surface area contributed by atoms with E-state index in [-0.39, 0.29) is 5.75 Å². The van der Waals surface area contributed by atoms with Crippen molar-refractivity contribution >= 4 is 31.5 Å². The van der Waals surface area contributed by atoms with Crippen LogP contribution in [0.2, 0.25) is 0 Å². The number of benzene rings is 1. The van der Waals surface area contributed by atoms with Gasteiger partial charge in [0.15, 0.2) is 0 Å². The first kappa shape index (κ1) is 14.3. The van der Waals surface area contributed by atoms with Gasteiger partial charge in [0.1, 0.15) is 15.6 Å². The summed E-state index contributed by atoms with van der Waals surface area (Å²) in [5, 5.41) is 3.16. The van der Waals surface area contributed by atoms with E-state index >= 15 is 0 Å². The van der Waals surface area contributed by atoms with Crippen molar-refractivity contribution in [3.63, 3.8) is 0 Å². The van der Waals surface area contributed by atoms with Crippen LogP contribution in [0, 0.1) is 0 Å². The zero-order valence-corrected chi connectivity index (χ0v) is 12.3. The molecule has 1 rings (SSSR count). The van der Waals surface area contributed by atoms with Crippen LogP contribution in [0.3, 0.4) is 0 Å². The summed E-state index contributed by atoms with van der Waals surface area (Å²) in [5.41, 5.74) is 0.936. The van der Waals surface area contributed by atoms with Crippen LogP contribution in [0.4, 0.5) is 5.69 Å². The van der Waals surface area contributed by atoms with Gasteiger partial charge in [-0.25, -0.2) is 8.42 Å². The van der Waals surface area contributed by atoms with Crippen LogP contribution in [0.1, 0.15) is 6.42 Å². The largest absolute Gasteiger partial charge is 0.496 e. The van der Waals surface area contributed by atoms with Crippen molar-refractivity contribution in [2.45, 2.75) is 6.42 Å². The average molecular weight is 322 g/mol. The molecular weight excluding hydrogens is 306 g/mol. The Morgan fingerprint density at radius 3 is 2.65 bits per heavy atom. The molecule has 0 spiro atoms. The highest BCUT2D eigenvalue weighted by atomic mass is 79.9. The number of nitrogens with one attached hydrogen (secondary N) is 1. The number of sulfone groups is 1. The Balaban J connectivity index is 2.45. The van der Waals surface area contributed by atoms with Crippen molar-refractivity contribution in [3.8, 4) is 5.75 Å². The third-order valence-corrected chi connectivity index (χ3v) is 3.82. The fourth-order valence-corrected chi connectivity index (χ4v) is 2.55. The van der Waals surface area contributed by atoms with E-state index in [9.17, 15) is 8.42 Å². The van der Waals surface area contributed by atoms with E-state index in [0.29, 0.717) is 13.0 Å². The van der Waals surface area contributed by atoms with Crippen molar-refractivity contribution in [1.29, 1.82) is 0 Å². The first-order chi connectivity index (χ1) is 7.92. The molecule has 0 heterocycles. The highest BCUT2D eigenvalue weighted by Crippen LogP contribution is 2.27. The second-order valence-electron chi connectivity index (χ2n) is 3.76. The minimum Gasteiger partial charge on any atom is -0.496 e. The molecule has 0 bridgehead atoms. The molecule has 96 valence electrons. The second-order valence-corrected chi connectivity index (χ2v) is 6.87. The highest BCUT2D eigenvalue weighted by molar-refractivity contribution is 9.10. The Hall–Kier alpha value is -0.750. The number of anilines is 1. The van der Waals surface area contributed by atoms with E-state index in [4.69, 9.17) is 4.74 Å². The number of hydrogen-bond acceptors (Lipinski definition) is 4. The molecule has 1 aromatic rings. The standard InChI is InChI=1S/C11H16BrNO3S/c1-16-11-5-4-9(8-10(11)12)13-6-3-7-17(2,14)15/h4-5,8,13H,3,6-7H2,1-2H3. The number of methoxy groups -OCH3 is 1. The quantitative estimate of drug-likeness (QED) is 0.817. The Morgan fingerprint density at radius 1 is 1.41 bits per heavy atom. The smallest absolute Gasteiger partial charge is 0.147 e. The molecule has 0 amide bonds. The molecule has 6 heteroatoms. The molecule has 0 aliphatic rings. The molecule has 1 N–H and O–H groups in total. The van der Waals surface area contributed by atoms with E-state index in [0.717, 1.165) is 15.9 Å². The second kappa shape index (κ2) is 6.26. The summed E-state index contributed by atoms with van der Waals surface area (Å²) in [6.45, 7) is 0.631. The number of halogens is 1. The molecule has 0 saturated heterocycles.